The van der Waals surface area contributed by atoms with Crippen LogP contribution < -0.4 is 9.47 Å². The fourth-order valence-corrected chi connectivity index (χ4v) is 2.21. The highest BCUT2D eigenvalue weighted by Crippen LogP contribution is 2.33. The number of ether oxygens (including phenoxy) is 2. The number of hydrogen-bond acceptors (Lipinski definition) is 3. The van der Waals surface area contributed by atoms with E-state index in [4.69, 9.17) is 14.6 Å². The lowest BCUT2D eigenvalue weighted by atomic mass is 9.95. The Labute approximate surface area is 113 Å². The molecule has 104 valence electrons. The van der Waals surface area contributed by atoms with Crippen LogP contribution in [0, 0.1) is 0 Å². The molecule has 4 nitrogen and oxygen atoms in total. The summed E-state index contributed by atoms with van der Waals surface area (Å²) in [6.07, 6.45) is 2.70. The zero-order valence-corrected chi connectivity index (χ0v) is 11.2. The van der Waals surface area contributed by atoms with E-state index in [0.29, 0.717) is 25.6 Å². The molecule has 0 spiro atoms. The van der Waals surface area contributed by atoms with Crippen molar-refractivity contribution >= 4 is 5.97 Å². The topological polar surface area (TPSA) is 55.8 Å². The molecule has 0 fully saturated rings. The van der Waals surface area contributed by atoms with E-state index in [1.807, 2.05) is 18.2 Å². The van der Waals surface area contributed by atoms with Crippen molar-refractivity contribution < 1.29 is 19.4 Å². The molecular weight excluding hydrogens is 244 g/mol. The van der Waals surface area contributed by atoms with Crippen molar-refractivity contribution in [2.75, 3.05) is 13.2 Å². The van der Waals surface area contributed by atoms with Crippen LogP contribution in [0.5, 0.6) is 11.5 Å². The number of carboxylic acid groups (broad SMARTS) is 1. The van der Waals surface area contributed by atoms with Gasteiger partial charge in [0.15, 0.2) is 11.5 Å². The molecule has 0 aliphatic carbocycles. The SMILES string of the molecule is CC(CCCC(=O)O)c1ccc2c(c1)OCCCO2. The molecule has 19 heavy (non-hydrogen) atoms. The molecule has 1 heterocycles. The Bertz CT molecular complexity index is 442. The van der Waals surface area contributed by atoms with Gasteiger partial charge in [-0.05, 0) is 36.5 Å². The van der Waals surface area contributed by atoms with Crippen molar-refractivity contribution in [3.63, 3.8) is 0 Å². The number of fused-ring (bicyclic) bond motifs is 1. The Kier molecular flexibility index (Phi) is 4.66. The highest BCUT2D eigenvalue weighted by atomic mass is 16.5. The van der Waals surface area contributed by atoms with Gasteiger partial charge in [-0.15, -0.1) is 0 Å². The van der Waals surface area contributed by atoms with Crippen LogP contribution in [0.3, 0.4) is 0 Å². The molecule has 0 saturated carbocycles. The zero-order valence-electron chi connectivity index (χ0n) is 11.2. The molecule has 0 radical (unpaired) electrons. The van der Waals surface area contributed by atoms with E-state index in [-0.39, 0.29) is 6.42 Å². The maximum Gasteiger partial charge on any atom is 0.303 e. The van der Waals surface area contributed by atoms with Gasteiger partial charge in [-0.2, -0.15) is 0 Å². The molecule has 0 saturated heterocycles. The predicted molar refractivity (Wildman–Crippen MR) is 72.0 cm³/mol. The van der Waals surface area contributed by atoms with Gasteiger partial charge in [0.25, 0.3) is 0 Å². The van der Waals surface area contributed by atoms with Crippen molar-refractivity contribution in [1.82, 2.24) is 0 Å². The van der Waals surface area contributed by atoms with Gasteiger partial charge in [-0.1, -0.05) is 13.0 Å². The van der Waals surface area contributed by atoms with E-state index in [1.54, 1.807) is 0 Å². The smallest absolute Gasteiger partial charge is 0.303 e. The molecular formula is C15H20O4. The van der Waals surface area contributed by atoms with Crippen molar-refractivity contribution in [3.05, 3.63) is 23.8 Å². The summed E-state index contributed by atoms with van der Waals surface area (Å²) < 4.78 is 11.3. The lowest BCUT2D eigenvalue weighted by Gasteiger charge is -2.14. The fourth-order valence-electron chi connectivity index (χ4n) is 2.21. The fraction of sp³-hybridized carbons (Fsp3) is 0.533. The first-order valence-electron chi connectivity index (χ1n) is 6.78. The van der Waals surface area contributed by atoms with E-state index < -0.39 is 5.97 Å². The third kappa shape index (κ3) is 3.88. The number of benzene rings is 1. The van der Waals surface area contributed by atoms with Crippen LogP contribution in [0.15, 0.2) is 18.2 Å². The van der Waals surface area contributed by atoms with Gasteiger partial charge < -0.3 is 14.6 Å². The molecule has 0 aromatic heterocycles. The van der Waals surface area contributed by atoms with E-state index >= 15 is 0 Å². The normalized spacial score (nSPS) is 15.6. The number of carbonyl (C=O) groups is 1. The molecule has 1 N–H and O–H groups in total. The van der Waals surface area contributed by atoms with E-state index in [0.717, 1.165) is 24.3 Å². The minimum Gasteiger partial charge on any atom is -0.490 e. The first-order valence-corrected chi connectivity index (χ1v) is 6.78. The minimum atomic E-state index is -0.731. The zero-order chi connectivity index (χ0) is 13.7. The Morgan fingerprint density at radius 3 is 2.79 bits per heavy atom. The summed E-state index contributed by atoms with van der Waals surface area (Å²) in [5, 5.41) is 8.65. The number of carboxylic acids is 1. The van der Waals surface area contributed by atoms with Crippen LogP contribution in [0.25, 0.3) is 0 Å². The molecule has 1 aliphatic rings. The van der Waals surface area contributed by atoms with Crippen LogP contribution in [0.2, 0.25) is 0 Å². The third-order valence-corrected chi connectivity index (χ3v) is 3.37. The molecule has 1 unspecified atom stereocenters. The third-order valence-electron chi connectivity index (χ3n) is 3.37. The second-order valence-corrected chi connectivity index (χ2v) is 4.94. The first-order chi connectivity index (χ1) is 9.16. The lowest BCUT2D eigenvalue weighted by Crippen LogP contribution is -1.99. The Hall–Kier alpha value is -1.71. The van der Waals surface area contributed by atoms with E-state index in [9.17, 15) is 4.79 Å². The monoisotopic (exact) mass is 264 g/mol. The second-order valence-electron chi connectivity index (χ2n) is 4.94. The average Bonchev–Trinajstić information content (AvgIpc) is 2.62. The van der Waals surface area contributed by atoms with Crippen LogP contribution >= 0.6 is 0 Å². The van der Waals surface area contributed by atoms with Crippen LogP contribution in [0.4, 0.5) is 0 Å². The molecule has 1 atom stereocenters. The number of hydrogen-bond donors (Lipinski definition) is 1. The lowest BCUT2D eigenvalue weighted by molar-refractivity contribution is -0.137. The van der Waals surface area contributed by atoms with Gasteiger partial charge in [0.1, 0.15) is 0 Å². The molecule has 1 aromatic carbocycles. The predicted octanol–water partition coefficient (Wildman–Crippen LogP) is 3.21. The quantitative estimate of drug-likeness (QED) is 0.887. The van der Waals surface area contributed by atoms with Gasteiger partial charge in [0.05, 0.1) is 13.2 Å². The number of aliphatic carboxylic acids is 1. The standard InChI is InChI=1S/C15H20O4/c1-11(4-2-5-15(16)17)12-6-7-13-14(10-12)19-9-3-8-18-13/h6-7,10-11H,2-5,8-9H2,1H3,(H,16,17). The van der Waals surface area contributed by atoms with Crippen molar-refractivity contribution in [3.8, 4) is 11.5 Å². The van der Waals surface area contributed by atoms with Crippen molar-refractivity contribution in [2.45, 2.75) is 38.5 Å². The largest absolute Gasteiger partial charge is 0.490 e. The maximum absolute atomic E-state index is 10.5. The Morgan fingerprint density at radius 1 is 1.32 bits per heavy atom. The van der Waals surface area contributed by atoms with Crippen LogP contribution in [-0.4, -0.2) is 24.3 Å². The van der Waals surface area contributed by atoms with Crippen molar-refractivity contribution in [1.29, 1.82) is 0 Å². The second kappa shape index (κ2) is 6.45. The van der Waals surface area contributed by atoms with Gasteiger partial charge >= 0.3 is 5.97 Å². The summed E-state index contributed by atoms with van der Waals surface area (Å²) in [5.74, 6) is 1.21. The Balaban J connectivity index is 2.00. The number of rotatable bonds is 5. The highest BCUT2D eigenvalue weighted by Gasteiger charge is 2.13. The molecule has 0 bridgehead atoms. The summed E-state index contributed by atoms with van der Waals surface area (Å²) in [4.78, 5) is 10.5. The van der Waals surface area contributed by atoms with Crippen molar-refractivity contribution in [2.24, 2.45) is 0 Å². The van der Waals surface area contributed by atoms with Crippen LogP contribution in [-0.2, 0) is 4.79 Å². The molecule has 1 aromatic rings. The van der Waals surface area contributed by atoms with Gasteiger partial charge in [-0.25, -0.2) is 0 Å². The van der Waals surface area contributed by atoms with Gasteiger partial charge in [-0.3, -0.25) is 4.79 Å². The van der Waals surface area contributed by atoms with E-state index in [1.165, 1.54) is 5.56 Å². The van der Waals surface area contributed by atoms with Crippen LogP contribution in [0.1, 0.15) is 44.1 Å². The highest BCUT2D eigenvalue weighted by molar-refractivity contribution is 5.66. The van der Waals surface area contributed by atoms with E-state index in [2.05, 4.69) is 6.92 Å². The summed E-state index contributed by atoms with van der Waals surface area (Å²) in [5.41, 5.74) is 1.18. The maximum atomic E-state index is 10.5. The summed E-state index contributed by atoms with van der Waals surface area (Å²) in [6.45, 7) is 3.49. The Morgan fingerprint density at radius 2 is 2.05 bits per heavy atom. The molecule has 2 rings (SSSR count). The van der Waals surface area contributed by atoms with Gasteiger partial charge in [0.2, 0.25) is 0 Å². The first kappa shape index (κ1) is 13.7. The summed E-state index contributed by atoms with van der Waals surface area (Å²) in [7, 11) is 0. The molecule has 0 amide bonds. The molecule has 4 heteroatoms. The average molecular weight is 264 g/mol. The molecule has 1 aliphatic heterocycles. The minimum absolute atomic E-state index is 0.231. The summed E-state index contributed by atoms with van der Waals surface area (Å²) >= 11 is 0. The summed E-state index contributed by atoms with van der Waals surface area (Å²) in [6, 6.07) is 6.01. The van der Waals surface area contributed by atoms with Gasteiger partial charge in [0, 0.05) is 12.8 Å².